The monoisotopic (exact) mass is 468 g/mol. The van der Waals surface area contributed by atoms with E-state index >= 15 is 0 Å². The van der Waals surface area contributed by atoms with Crippen molar-refractivity contribution < 1.29 is 38.0 Å². The van der Waals surface area contributed by atoms with Gasteiger partial charge in [-0.1, -0.05) is 42.5 Å². The highest BCUT2D eigenvalue weighted by molar-refractivity contribution is 5.90. The maximum absolute atomic E-state index is 13.0. The minimum atomic E-state index is -1.25. The molecule has 5 atom stereocenters. The lowest BCUT2D eigenvalue weighted by Gasteiger charge is -2.50. The van der Waals surface area contributed by atoms with Crippen LogP contribution in [0.4, 0.5) is 0 Å². The molecule has 0 aliphatic carbocycles. The normalized spacial score (nSPS) is 27.8. The molecule has 0 aromatic heterocycles. The zero-order chi connectivity index (χ0) is 24.1. The Morgan fingerprint density at radius 3 is 2.15 bits per heavy atom. The summed E-state index contributed by atoms with van der Waals surface area (Å²) in [6.07, 6.45) is -2.82. The molecule has 2 aromatic rings. The van der Waals surface area contributed by atoms with Crippen molar-refractivity contribution in [3.8, 4) is 0 Å². The first-order chi connectivity index (χ1) is 16.4. The van der Waals surface area contributed by atoms with Crippen LogP contribution >= 0.6 is 0 Å². The van der Waals surface area contributed by atoms with Crippen LogP contribution in [0.1, 0.15) is 34.6 Å². The zero-order valence-electron chi connectivity index (χ0n) is 19.1. The van der Waals surface area contributed by atoms with Crippen molar-refractivity contribution in [1.29, 1.82) is 0 Å². The van der Waals surface area contributed by atoms with Crippen LogP contribution in [0.3, 0.4) is 0 Å². The van der Waals surface area contributed by atoms with Crippen LogP contribution in [-0.4, -0.2) is 61.6 Å². The summed E-state index contributed by atoms with van der Waals surface area (Å²) in [6.45, 7) is 7.61. The lowest BCUT2D eigenvalue weighted by Crippen LogP contribution is -2.66. The summed E-state index contributed by atoms with van der Waals surface area (Å²) in [5.74, 6) is -2.13. The van der Waals surface area contributed by atoms with Gasteiger partial charge in [-0.2, -0.15) is 0 Å². The number of carbonyl (C=O) groups is 2. The van der Waals surface area contributed by atoms with E-state index in [0.29, 0.717) is 11.1 Å². The van der Waals surface area contributed by atoms with Crippen molar-refractivity contribution >= 4 is 11.9 Å². The van der Waals surface area contributed by atoms with E-state index in [2.05, 4.69) is 6.58 Å². The molecule has 0 spiro atoms. The van der Waals surface area contributed by atoms with E-state index in [1.54, 1.807) is 80.6 Å². The SMILES string of the molecule is C=CCOC1C(OC(=O)c2ccccc2)[C@H](OC(=O)c2ccccc2)OC2COC(C)(C)O[C@H]21. The molecule has 2 fully saturated rings. The highest BCUT2D eigenvalue weighted by Gasteiger charge is 2.55. The third-order valence-corrected chi connectivity index (χ3v) is 5.50. The molecule has 2 aliphatic rings. The van der Waals surface area contributed by atoms with Gasteiger partial charge in [0.2, 0.25) is 6.29 Å². The largest absolute Gasteiger partial charge is 0.449 e. The van der Waals surface area contributed by atoms with Crippen LogP contribution in [0.25, 0.3) is 0 Å². The lowest BCUT2D eigenvalue weighted by molar-refractivity contribution is -0.378. The quantitative estimate of drug-likeness (QED) is 0.451. The van der Waals surface area contributed by atoms with E-state index in [9.17, 15) is 9.59 Å². The smallest absolute Gasteiger partial charge is 0.340 e. The Morgan fingerprint density at radius 1 is 0.971 bits per heavy atom. The minimum Gasteiger partial charge on any atom is -0.449 e. The number of carbonyl (C=O) groups excluding carboxylic acids is 2. The molecule has 2 saturated heterocycles. The van der Waals surface area contributed by atoms with Crippen LogP contribution in [0, 0.1) is 0 Å². The molecule has 0 amide bonds. The number of esters is 2. The molecule has 2 aromatic carbocycles. The van der Waals surface area contributed by atoms with Crippen molar-refractivity contribution in [3.05, 3.63) is 84.4 Å². The molecule has 34 heavy (non-hydrogen) atoms. The average molecular weight is 469 g/mol. The Bertz CT molecular complexity index is 990. The first kappa shape index (κ1) is 24.1. The van der Waals surface area contributed by atoms with Gasteiger partial charge in [-0.05, 0) is 38.1 Å². The van der Waals surface area contributed by atoms with Gasteiger partial charge < -0.3 is 28.4 Å². The van der Waals surface area contributed by atoms with Crippen molar-refractivity contribution in [2.24, 2.45) is 0 Å². The van der Waals surface area contributed by atoms with Gasteiger partial charge in [0.25, 0.3) is 0 Å². The summed E-state index contributed by atoms with van der Waals surface area (Å²) >= 11 is 0. The van der Waals surface area contributed by atoms with Crippen LogP contribution < -0.4 is 0 Å². The number of benzene rings is 2. The van der Waals surface area contributed by atoms with Crippen molar-refractivity contribution in [2.75, 3.05) is 13.2 Å². The summed E-state index contributed by atoms with van der Waals surface area (Å²) in [7, 11) is 0. The summed E-state index contributed by atoms with van der Waals surface area (Å²) < 4.78 is 35.4. The molecule has 0 saturated carbocycles. The van der Waals surface area contributed by atoms with Crippen molar-refractivity contribution in [2.45, 2.75) is 50.3 Å². The van der Waals surface area contributed by atoms with E-state index in [1.165, 1.54) is 0 Å². The number of hydrogen-bond acceptors (Lipinski definition) is 8. The molecule has 180 valence electrons. The third-order valence-electron chi connectivity index (χ3n) is 5.50. The Labute approximate surface area is 198 Å². The van der Waals surface area contributed by atoms with E-state index in [4.69, 9.17) is 28.4 Å². The standard InChI is InChI=1S/C26H28O8/c1-4-15-29-21-20-19(16-30-26(2,3)34-20)31-25(33-24(28)18-13-9-6-10-14-18)22(21)32-23(27)17-11-7-5-8-12-17/h4-14,19-22,25H,1,15-16H2,2-3H3/t19?,20-,21?,22?,25+/m1/s1. The minimum absolute atomic E-state index is 0.164. The number of hydrogen-bond donors (Lipinski definition) is 0. The molecule has 4 rings (SSSR count). The first-order valence-electron chi connectivity index (χ1n) is 11.1. The van der Waals surface area contributed by atoms with Crippen LogP contribution in [0.5, 0.6) is 0 Å². The molecule has 0 bridgehead atoms. The maximum Gasteiger partial charge on any atom is 0.340 e. The van der Waals surface area contributed by atoms with Crippen LogP contribution in [-0.2, 0) is 28.4 Å². The van der Waals surface area contributed by atoms with Gasteiger partial charge in [0.15, 0.2) is 11.9 Å². The van der Waals surface area contributed by atoms with Crippen LogP contribution in [0.2, 0.25) is 0 Å². The van der Waals surface area contributed by atoms with Gasteiger partial charge in [-0.3, -0.25) is 0 Å². The van der Waals surface area contributed by atoms with Crippen molar-refractivity contribution in [3.63, 3.8) is 0 Å². The van der Waals surface area contributed by atoms with Gasteiger partial charge in [0.05, 0.1) is 24.3 Å². The second-order valence-corrected chi connectivity index (χ2v) is 8.43. The van der Waals surface area contributed by atoms with E-state index < -0.39 is 48.4 Å². The summed E-state index contributed by atoms with van der Waals surface area (Å²) in [5, 5.41) is 0. The zero-order valence-corrected chi connectivity index (χ0v) is 19.1. The highest BCUT2D eigenvalue weighted by Crippen LogP contribution is 2.36. The number of rotatable bonds is 7. The van der Waals surface area contributed by atoms with Gasteiger partial charge in [-0.25, -0.2) is 9.59 Å². The fourth-order valence-electron chi connectivity index (χ4n) is 3.90. The fourth-order valence-corrected chi connectivity index (χ4v) is 3.90. The maximum atomic E-state index is 13.0. The molecule has 8 heteroatoms. The Balaban J connectivity index is 1.64. The number of ether oxygens (including phenoxy) is 6. The van der Waals surface area contributed by atoms with E-state index in [-0.39, 0.29) is 13.2 Å². The summed E-state index contributed by atoms with van der Waals surface area (Å²) in [6, 6.07) is 17.0. The molecular weight excluding hydrogens is 440 g/mol. The fraction of sp³-hybridized carbons (Fsp3) is 0.385. The van der Waals surface area contributed by atoms with E-state index in [0.717, 1.165) is 0 Å². The van der Waals surface area contributed by atoms with E-state index in [1.807, 2.05) is 0 Å². The topological polar surface area (TPSA) is 89.5 Å². The van der Waals surface area contributed by atoms with Gasteiger partial charge in [0, 0.05) is 0 Å². The molecule has 2 aliphatic heterocycles. The second-order valence-electron chi connectivity index (χ2n) is 8.43. The summed E-state index contributed by atoms with van der Waals surface area (Å²) in [5.41, 5.74) is 0.677. The second kappa shape index (κ2) is 10.5. The predicted octanol–water partition coefficient (Wildman–Crippen LogP) is 3.52. The predicted molar refractivity (Wildman–Crippen MR) is 121 cm³/mol. The Hall–Kier alpha value is -3.04. The Kier molecular flexibility index (Phi) is 7.43. The highest BCUT2D eigenvalue weighted by atomic mass is 16.8. The molecule has 3 unspecified atom stereocenters. The lowest BCUT2D eigenvalue weighted by atomic mass is 9.96. The van der Waals surface area contributed by atoms with Gasteiger partial charge in [0.1, 0.15) is 18.3 Å². The average Bonchev–Trinajstić information content (AvgIpc) is 2.84. The first-order valence-corrected chi connectivity index (χ1v) is 11.1. The molecule has 0 N–H and O–H groups in total. The summed E-state index contributed by atoms with van der Waals surface area (Å²) in [4.78, 5) is 25.8. The van der Waals surface area contributed by atoms with Crippen LogP contribution in [0.15, 0.2) is 73.3 Å². The molecular formula is C26H28O8. The van der Waals surface area contributed by atoms with Gasteiger partial charge in [-0.15, -0.1) is 6.58 Å². The van der Waals surface area contributed by atoms with Crippen molar-refractivity contribution in [1.82, 2.24) is 0 Å². The Morgan fingerprint density at radius 2 is 1.56 bits per heavy atom. The molecule has 2 heterocycles. The third kappa shape index (κ3) is 5.53. The van der Waals surface area contributed by atoms with Gasteiger partial charge >= 0.3 is 11.9 Å². The molecule has 8 nitrogen and oxygen atoms in total. The number of fused-ring (bicyclic) bond motifs is 1. The molecule has 0 radical (unpaired) electrons.